The number of ether oxygens (including phenoxy) is 1. The van der Waals surface area contributed by atoms with E-state index in [9.17, 15) is 13.2 Å². The van der Waals surface area contributed by atoms with Crippen LogP contribution in [0.2, 0.25) is 10.0 Å². The molecule has 0 spiro atoms. The molecular formula is C28H35Cl2N3O4S. The minimum atomic E-state index is -3.93. The second-order valence-corrected chi connectivity index (χ2v) is 13.2. The van der Waals surface area contributed by atoms with Crippen molar-refractivity contribution in [3.63, 3.8) is 0 Å². The number of likely N-dealkylation sites (tertiary alicyclic amines) is 2. The quantitative estimate of drug-likeness (QED) is 0.457. The molecule has 2 saturated heterocycles. The fraction of sp³-hybridized carbons (Fsp3) is 0.536. The summed E-state index contributed by atoms with van der Waals surface area (Å²) in [6.07, 6.45) is 6.28. The van der Waals surface area contributed by atoms with Crippen LogP contribution in [0.5, 0.6) is 0 Å². The Balaban J connectivity index is 1.26. The average molecular weight is 581 g/mol. The molecule has 3 aliphatic heterocycles. The average Bonchev–Trinajstić information content (AvgIpc) is 3.36. The molecule has 2 fully saturated rings. The third-order valence-corrected chi connectivity index (χ3v) is 10.6. The fourth-order valence-electron chi connectivity index (χ4n) is 5.96. The van der Waals surface area contributed by atoms with Crippen LogP contribution in [0, 0.1) is 0 Å². The van der Waals surface area contributed by atoms with E-state index in [0.29, 0.717) is 11.4 Å². The maximum absolute atomic E-state index is 13.7. The molecule has 2 unspecified atom stereocenters. The number of hydrogen-bond acceptors (Lipinski definition) is 5. The van der Waals surface area contributed by atoms with Gasteiger partial charge in [0.1, 0.15) is 11.5 Å². The smallest absolute Gasteiger partial charge is 0.248 e. The largest absolute Gasteiger partial charge is 0.370 e. The Morgan fingerprint density at radius 3 is 2.47 bits per heavy atom. The van der Waals surface area contributed by atoms with Crippen molar-refractivity contribution in [1.29, 1.82) is 0 Å². The fourth-order valence-corrected chi connectivity index (χ4v) is 8.29. The van der Waals surface area contributed by atoms with Gasteiger partial charge in [-0.05, 0) is 74.5 Å². The Labute approximate surface area is 235 Å². The number of carbonyl (C=O) groups is 1. The van der Waals surface area contributed by atoms with E-state index in [-0.39, 0.29) is 41.6 Å². The summed E-state index contributed by atoms with van der Waals surface area (Å²) in [6, 6.07) is 12.0. The molecular weight excluding hydrogens is 545 g/mol. The Morgan fingerprint density at radius 1 is 0.947 bits per heavy atom. The number of halogens is 2. The highest BCUT2D eigenvalue weighted by Gasteiger charge is 2.37. The van der Waals surface area contributed by atoms with Crippen molar-refractivity contribution in [2.75, 3.05) is 39.4 Å². The summed E-state index contributed by atoms with van der Waals surface area (Å²) in [7, 11) is -3.93. The molecule has 2 atom stereocenters. The van der Waals surface area contributed by atoms with Crippen molar-refractivity contribution in [3.8, 4) is 0 Å². The maximum atomic E-state index is 13.7. The molecule has 38 heavy (non-hydrogen) atoms. The van der Waals surface area contributed by atoms with Crippen LogP contribution in [-0.4, -0.2) is 79.9 Å². The van der Waals surface area contributed by atoms with Gasteiger partial charge in [-0.3, -0.25) is 4.79 Å². The Kier molecular flexibility index (Phi) is 8.97. The molecule has 0 aromatic heterocycles. The topological polar surface area (TPSA) is 70.2 Å². The predicted molar refractivity (Wildman–Crippen MR) is 149 cm³/mol. The number of carbonyl (C=O) groups excluding carboxylic acids is 1. The Morgan fingerprint density at radius 2 is 1.71 bits per heavy atom. The highest BCUT2D eigenvalue weighted by atomic mass is 35.5. The highest BCUT2D eigenvalue weighted by Crippen LogP contribution is 2.33. The van der Waals surface area contributed by atoms with Crippen molar-refractivity contribution >= 4 is 39.1 Å². The first-order valence-corrected chi connectivity index (χ1v) is 15.7. The second-order valence-electron chi connectivity index (χ2n) is 10.5. The van der Waals surface area contributed by atoms with Gasteiger partial charge in [-0.25, -0.2) is 8.42 Å². The van der Waals surface area contributed by atoms with E-state index in [1.807, 2.05) is 29.2 Å². The molecule has 3 aliphatic rings. The molecule has 7 nitrogen and oxygen atoms in total. The van der Waals surface area contributed by atoms with E-state index < -0.39 is 16.1 Å². The summed E-state index contributed by atoms with van der Waals surface area (Å²) >= 11 is 12.3. The number of hydrogen-bond donors (Lipinski definition) is 0. The van der Waals surface area contributed by atoms with Gasteiger partial charge in [-0.2, -0.15) is 4.31 Å². The summed E-state index contributed by atoms with van der Waals surface area (Å²) in [5.74, 6) is -0.0177. The van der Waals surface area contributed by atoms with E-state index in [1.165, 1.54) is 41.8 Å². The van der Waals surface area contributed by atoms with E-state index in [2.05, 4.69) is 4.90 Å². The number of rotatable bonds is 8. The van der Waals surface area contributed by atoms with Crippen molar-refractivity contribution in [2.24, 2.45) is 0 Å². The van der Waals surface area contributed by atoms with Gasteiger partial charge < -0.3 is 14.5 Å². The lowest BCUT2D eigenvalue weighted by Gasteiger charge is -2.36. The Bertz CT molecular complexity index is 1250. The van der Waals surface area contributed by atoms with Gasteiger partial charge in [0.05, 0.1) is 17.7 Å². The number of fused-ring (bicyclic) bond motifs is 1. The zero-order valence-corrected chi connectivity index (χ0v) is 23.9. The summed E-state index contributed by atoms with van der Waals surface area (Å²) < 4.78 is 34.9. The van der Waals surface area contributed by atoms with E-state index in [4.69, 9.17) is 27.9 Å². The molecule has 206 valence electrons. The lowest BCUT2D eigenvalue weighted by atomic mass is 9.96. The van der Waals surface area contributed by atoms with Crippen LogP contribution in [0.3, 0.4) is 0 Å². The summed E-state index contributed by atoms with van der Waals surface area (Å²) in [5.41, 5.74) is 2.04. The van der Waals surface area contributed by atoms with Gasteiger partial charge in [0.2, 0.25) is 15.9 Å². The third kappa shape index (κ3) is 6.21. The lowest BCUT2D eigenvalue weighted by Crippen LogP contribution is -2.48. The minimum Gasteiger partial charge on any atom is -0.370 e. The van der Waals surface area contributed by atoms with Crippen LogP contribution >= 0.6 is 23.2 Å². The summed E-state index contributed by atoms with van der Waals surface area (Å²) in [6.45, 7) is 4.19. The van der Waals surface area contributed by atoms with Crippen LogP contribution in [0.15, 0.2) is 47.4 Å². The number of amides is 1. The molecule has 2 aromatic carbocycles. The SMILES string of the molecule is O=C(COCC1Cc2ccccc2CN1S(=O)(=O)c1ccc(Cl)cc1Cl)N1CCCC1CN1CCCCC1. The minimum absolute atomic E-state index is 0.0154. The maximum Gasteiger partial charge on any atom is 0.248 e. The standard InChI is InChI=1S/C28H35Cl2N3O4S/c29-23-10-11-27(26(30)16-23)38(35,36)33-17-22-8-3-2-7-21(22)15-25(33)19-37-20-28(34)32-14-6-9-24(32)18-31-12-4-1-5-13-31/h2-3,7-8,10-11,16,24-25H,1,4-6,9,12-15,17-20H2. The summed E-state index contributed by atoms with van der Waals surface area (Å²) in [5, 5.41) is 0.455. The first-order chi connectivity index (χ1) is 18.3. The zero-order valence-electron chi connectivity index (χ0n) is 21.5. The van der Waals surface area contributed by atoms with Crippen LogP contribution in [0.25, 0.3) is 0 Å². The number of sulfonamides is 1. The van der Waals surface area contributed by atoms with E-state index >= 15 is 0 Å². The molecule has 1 amide bonds. The molecule has 0 saturated carbocycles. The molecule has 10 heteroatoms. The van der Waals surface area contributed by atoms with Crippen molar-refractivity contribution in [1.82, 2.24) is 14.1 Å². The first-order valence-electron chi connectivity index (χ1n) is 13.5. The monoisotopic (exact) mass is 579 g/mol. The molecule has 0 aliphatic carbocycles. The van der Waals surface area contributed by atoms with Gasteiger partial charge in [0.15, 0.2) is 0 Å². The lowest BCUT2D eigenvalue weighted by molar-refractivity contribution is -0.137. The molecule has 0 N–H and O–H groups in total. The van der Waals surface area contributed by atoms with Gasteiger partial charge in [-0.15, -0.1) is 0 Å². The van der Waals surface area contributed by atoms with Crippen LogP contribution in [-0.2, 0) is 32.5 Å². The summed E-state index contributed by atoms with van der Waals surface area (Å²) in [4.78, 5) is 17.6. The number of benzene rings is 2. The third-order valence-electron chi connectivity index (χ3n) is 7.94. The number of piperidine rings is 1. The van der Waals surface area contributed by atoms with Crippen molar-refractivity contribution in [3.05, 3.63) is 63.6 Å². The van der Waals surface area contributed by atoms with Gasteiger partial charge in [0.25, 0.3) is 0 Å². The van der Waals surface area contributed by atoms with Crippen molar-refractivity contribution in [2.45, 2.75) is 62.0 Å². The second kappa shape index (κ2) is 12.2. The predicted octanol–water partition coefficient (Wildman–Crippen LogP) is 4.60. The molecule has 0 radical (unpaired) electrons. The molecule has 2 aromatic rings. The first kappa shape index (κ1) is 27.9. The molecule has 5 rings (SSSR count). The van der Waals surface area contributed by atoms with Gasteiger partial charge in [0, 0.05) is 30.7 Å². The highest BCUT2D eigenvalue weighted by molar-refractivity contribution is 7.89. The molecule has 3 heterocycles. The van der Waals surface area contributed by atoms with Crippen LogP contribution in [0.4, 0.5) is 0 Å². The number of nitrogens with zero attached hydrogens (tertiary/aromatic N) is 3. The normalized spacial score (nSPS) is 22.9. The van der Waals surface area contributed by atoms with E-state index in [0.717, 1.165) is 50.1 Å². The van der Waals surface area contributed by atoms with Crippen LogP contribution < -0.4 is 0 Å². The molecule has 0 bridgehead atoms. The van der Waals surface area contributed by atoms with E-state index in [1.54, 1.807) is 0 Å². The Hall–Kier alpha value is -1.68. The van der Waals surface area contributed by atoms with Gasteiger partial charge in [-0.1, -0.05) is 53.9 Å². The zero-order chi connectivity index (χ0) is 26.7. The van der Waals surface area contributed by atoms with Crippen molar-refractivity contribution < 1.29 is 17.9 Å². The van der Waals surface area contributed by atoms with Crippen LogP contribution in [0.1, 0.15) is 43.2 Å². The van der Waals surface area contributed by atoms with Gasteiger partial charge >= 0.3 is 0 Å².